The fourth-order valence-corrected chi connectivity index (χ4v) is 3.76. The molecule has 0 spiro atoms. The standard InChI is InChI=1S/C16H19N5O4S/c1-12-10-13(19-16(18-12)20-8-2-3-9-20)11-17-26(24,25)15-6-4-14(5-7-15)21(22)23/h4-7,10,17H,2-3,8-9,11H2,1H3. The van der Waals surface area contributed by atoms with E-state index in [1.165, 1.54) is 12.1 Å². The van der Waals surface area contributed by atoms with Gasteiger partial charge in [-0.25, -0.2) is 23.1 Å². The van der Waals surface area contributed by atoms with Gasteiger partial charge in [-0.15, -0.1) is 0 Å². The summed E-state index contributed by atoms with van der Waals surface area (Å²) in [5, 5.41) is 10.7. The number of anilines is 1. The minimum absolute atomic E-state index is 0.0174. The van der Waals surface area contributed by atoms with E-state index in [4.69, 9.17) is 0 Å². The molecule has 0 radical (unpaired) electrons. The maximum absolute atomic E-state index is 12.4. The molecule has 0 saturated carbocycles. The van der Waals surface area contributed by atoms with Gasteiger partial charge in [0.25, 0.3) is 5.69 Å². The summed E-state index contributed by atoms with van der Waals surface area (Å²) in [6.45, 7) is 3.66. The Balaban J connectivity index is 1.74. The number of rotatable bonds is 6. The van der Waals surface area contributed by atoms with E-state index in [1.807, 2.05) is 6.92 Å². The third-order valence-electron chi connectivity index (χ3n) is 4.09. The Morgan fingerprint density at radius 2 is 1.85 bits per heavy atom. The molecule has 9 nitrogen and oxygen atoms in total. The Hall–Kier alpha value is -2.59. The van der Waals surface area contributed by atoms with Gasteiger partial charge in [0.15, 0.2) is 0 Å². The zero-order valence-corrected chi connectivity index (χ0v) is 15.1. The lowest BCUT2D eigenvalue weighted by Gasteiger charge is -2.16. The van der Waals surface area contributed by atoms with E-state index in [9.17, 15) is 18.5 Å². The summed E-state index contributed by atoms with van der Waals surface area (Å²) in [4.78, 5) is 21.0. The number of hydrogen-bond acceptors (Lipinski definition) is 7. The third-order valence-corrected chi connectivity index (χ3v) is 5.50. The lowest BCUT2D eigenvalue weighted by atomic mass is 10.3. The molecule has 0 bridgehead atoms. The van der Waals surface area contributed by atoms with Crippen LogP contribution >= 0.6 is 0 Å². The molecular weight excluding hydrogens is 358 g/mol. The average molecular weight is 377 g/mol. The molecule has 2 aromatic rings. The van der Waals surface area contributed by atoms with Crippen LogP contribution in [-0.2, 0) is 16.6 Å². The summed E-state index contributed by atoms with van der Waals surface area (Å²) < 4.78 is 27.2. The number of hydrogen-bond donors (Lipinski definition) is 1. The molecule has 2 heterocycles. The van der Waals surface area contributed by atoms with Crippen LogP contribution in [0.25, 0.3) is 0 Å². The zero-order valence-electron chi connectivity index (χ0n) is 14.3. The van der Waals surface area contributed by atoms with Gasteiger partial charge in [-0.05, 0) is 38.0 Å². The summed E-state index contributed by atoms with van der Waals surface area (Å²) in [6, 6.07) is 6.48. The lowest BCUT2D eigenvalue weighted by molar-refractivity contribution is -0.384. The number of aromatic nitrogens is 2. The van der Waals surface area contributed by atoms with Crippen LogP contribution < -0.4 is 9.62 Å². The van der Waals surface area contributed by atoms with Gasteiger partial charge < -0.3 is 4.90 Å². The van der Waals surface area contributed by atoms with Crippen LogP contribution in [0.3, 0.4) is 0 Å². The van der Waals surface area contributed by atoms with Gasteiger partial charge in [-0.3, -0.25) is 10.1 Å². The molecule has 1 aliphatic heterocycles. The summed E-state index contributed by atoms with van der Waals surface area (Å²) in [7, 11) is -3.79. The largest absolute Gasteiger partial charge is 0.341 e. The van der Waals surface area contributed by atoms with Gasteiger partial charge in [0.2, 0.25) is 16.0 Å². The topological polar surface area (TPSA) is 118 Å². The van der Waals surface area contributed by atoms with E-state index in [-0.39, 0.29) is 17.1 Å². The normalized spacial score (nSPS) is 14.6. The molecule has 138 valence electrons. The first kappa shape index (κ1) is 18.2. The van der Waals surface area contributed by atoms with Crippen molar-refractivity contribution in [3.63, 3.8) is 0 Å². The van der Waals surface area contributed by atoms with Crippen molar-refractivity contribution in [3.05, 3.63) is 51.8 Å². The van der Waals surface area contributed by atoms with Crippen LogP contribution in [0.4, 0.5) is 11.6 Å². The summed E-state index contributed by atoms with van der Waals surface area (Å²) in [5.41, 5.74) is 1.18. The smallest absolute Gasteiger partial charge is 0.269 e. The number of nitrogens with zero attached hydrogens (tertiary/aromatic N) is 4. The van der Waals surface area contributed by atoms with E-state index in [1.54, 1.807) is 6.07 Å². The van der Waals surface area contributed by atoms with Crippen LogP contribution in [0.2, 0.25) is 0 Å². The number of nitro groups is 1. The maximum Gasteiger partial charge on any atom is 0.269 e. The van der Waals surface area contributed by atoms with Crippen molar-refractivity contribution < 1.29 is 13.3 Å². The van der Waals surface area contributed by atoms with Crippen molar-refractivity contribution in [3.8, 4) is 0 Å². The Kier molecular flexibility index (Phi) is 5.14. The molecule has 3 rings (SSSR count). The number of nitrogens with one attached hydrogen (secondary N) is 1. The second-order valence-corrected chi connectivity index (χ2v) is 7.84. The van der Waals surface area contributed by atoms with Gasteiger partial charge in [0, 0.05) is 30.9 Å². The second kappa shape index (κ2) is 7.34. The van der Waals surface area contributed by atoms with E-state index in [2.05, 4.69) is 19.6 Å². The van der Waals surface area contributed by atoms with Crippen molar-refractivity contribution in [2.75, 3.05) is 18.0 Å². The van der Waals surface area contributed by atoms with Gasteiger partial charge in [-0.1, -0.05) is 0 Å². The minimum atomic E-state index is -3.79. The lowest BCUT2D eigenvalue weighted by Crippen LogP contribution is -2.25. The fraction of sp³-hybridized carbons (Fsp3) is 0.375. The van der Waals surface area contributed by atoms with Crippen molar-refractivity contribution in [2.24, 2.45) is 0 Å². The monoisotopic (exact) mass is 377 g/mol. The Morgan fingerprint density at radius 1 is 1.19 bits per heavy atom. The molecule has 1 saturated heterocycles. The highest BCUT2D eigenvalue weighted by Crippen LogP contribution is 2.18. The van der Waals surface area contributed by atoms with Crippen molar-refractivity contribution in [1.29, 1.82) is 0 Å². The predicted octanol–water partition coefficient (Wildman–Crippen LogP) is 1.77. The van der Waals surface area contributed by atoms with E-state index in [0.717, 1.165) is 43.8 Å². The third kappa shape index (κ3) is 4.14. The Bertz CT molecular complexity index is 909. The van der Waals surface area contributed by atoms with E-state index >= 15 is 0 Å². The highest BCUT2D eigenvalue weighted by atomic mass is 32.2. The number of sulfonamides is 1. The first-order valence-electron chi connectivity index (χ1n) is 8.19. The highest BCUT2D eigenvalue weighted by Gasteiger charge is 2.18. The van der Waals surface area contributed by atoms with Crippen molar-refractivity contribution in [2.45, 2.75) is 31.2 Å². The minimum Gasteiger partial charge on any atom is -0.341 e. The summed E-state index contributed by atoms with van der Waals surface area (Å²) in [5.74, 6) is 0.618. The van der Waals surface area contributed by atoms with E-state index in [0.29, 0.717) is 11.6 Å². The zero-order chi connectivity index (χ0) is 18.7. The molecule has 0 amide bonds. The second-order valence-electron chi connectivity index (χ2n) is 6.07. The first-order valence-corrected chi connectivity index (χ1v) is 9.67. The quantitative estimate of drug-likeness (QED) is 0.602. The van der Waals surface area contributed by atoms with Crippen LogP contribution in [0, 0.1) is 17.0 Å². The number of non-ortho nitro benzene ring substituents is 1. The van der Waals surface area contributed by atoms with Crippen LogP contribution in [0.15, 0.2) is 35.2 Å². The number of benzene rings is 1. The van der Waals surface area contributed by atoms with Gasteiger partial charge in [0.1, 0.15) is 0 Å². The number of aryl methyl sites for hydroxylation is 1. The Labute approximate surface area is 151 Å². The molecule has 1 aromatic heterocycles. The van der Waals surface area contributed by atoms with E-state index < -0.39 is 14.9 Å². The van der Waals surface area contributed by atoms with Crippen molar-refractivity contribution in [1.82, 2.24) is 14.7 Å². The summed E-state index contributed by atoms with van der Waals surface area (Å²) >= 11 is 0. The predicted molar refractivity (Wildman–Crippen MR) is 95.3 cm³/mol. The molecule has 1 N–H and O–H groups in total. The Morgan fingerprint density at radius 3 is 2.46 bits per heavy atom. The molecule has 26 heavy (non-hydrogen) atoms. The first-order chi connectivity index (χ1) is 12.3. The molecule has 1 aromatic carbocycles. The average Bonchev–Trinajstić information content (AvgIpc) is 3.14. The fourth-order valence-electron chi connectivity index (χ4n) is 2.77. The van der Waals surface area contributed by atoms with Crippen LogP contribution in [0.5, 0.6) is 0 Å². The van der Waals surface area contributed by atoms with Crippen LogP contribution in [-0.4, -0.2) is 36.4 Å². The molecule has 0 unspecified atom stereocenters. The number of nitro benzene ring substituents is 1. The summed E-state index contributed by atoms with van der Waals surface area (Å²) in [6.07, 6.45) is 2.19. The molecular formula is C16H19N5O4S. The molecule has 0 atom stereocenters. The van der Waals surface area contributed by atoms with Gasteiger partial charge in [-0.2, -0.15) is 0 Å². The molecule has 1 fully saturated rings. The SMILES string of the molecule is Cc1cc(CNS(=O)(=O)c2ccc([N+](=O)[O-])cc2)nc(N2CCCC2)n1. The highest BCUT2D eigenvalue weighted by molar-refractivity contribution is 7.89. The van der Waals surface area contributed by atoms with Crippen molar-refractivity contribution >= 4 is 21.7 Å². The van der Waals surface area contributed by atoms with Gasteiger partial charge >= 0.3 is 0 Å². The van der Waals surface area contributed by atoms with Gasteiger partial charge in [0.05, 0.1) is 22.1 Å². The molecule has 0 aliphatic carbocycles. The molecule has 1 aliphatic rings. The maximum atomic E-state index is 12.4. The van der Waals surface area contributed by atoms with Crippen LogP contribution in [0.1, 0.15) is 24.2 Å². The molecule has 10 heteroatoms.